The molecule has 1 rings (SSSR count). The zero-order chi connectivity index (χ0) is 12.1. The summed E-state index contributed by atoms with van der Waals surface area (Å²) in [5.41, 5.74) is 6.78. The monoisotopic (exact) mass is 243 g/mol. The van der Waals surface area contributed by atoms with Crippen molar-refractivity contribution >= 4 is 11.6 Å². The maximum atomic E-state index is 9.18. The second-order valence-electron chi connectivity index (χ2n) is 3.82. The van der Waals surface area contributed by atoms with Crippen LogP contribution in [0.25, 0.3) is 0 Å². The lowest BCUT2D eigenvalue weighted by atomic mass is 10.1. The lowest BCUT2D eigenvalue weighted by Crippen LogP contribution is -2.41. The maximum absolute atomic E-state index is 9.18. The number of nitrogens with two attached hydrogens (primary N) is 1. The summed E-state index contributed by atoms with van der Waals surface area (Å²) in [4.78, 5) is 0. The molecule has 4 heteroatoms. The Morgan fingerprint density at radius 2 is 2.19 bits per heavy atom. The van der Waals surface area contributed by atoms with Crippen molar-refractivity contribution in [2.75, 3.05) is 6.61 Å². The van der Waals surface area contributed by atoms with Gasteiger partial charge in [0.05, 0.1) is 6.61 Å². The number of hydrogen-bond donors (Lipinski definition) is 2. The fourth-order valence-electron chi connectivity index (χ4n) is 1.39. The second kappa shape index (κ2) is 6.09. The molecule has 0 aromatic heterocycles. The Labute approximate surface area is 101 Å². The number of aryl methyl sites for hydroxylation is 1. The van der Waals surface area contributed by atoms with E-state index in [4.69, 9.17) is 22.1 Å². The lowest BCUT2D eigenvalue weighted by molar-refractivity contribution is 0.0932. The third-order valence-corrected chi connectivity index (χ3v) is 2.97. The highest BCUT2D eigenvalue weighted by Crippen LogP contribution is 2.22. The Balaban J connectivity index is 2.74. The zero-order valence-electron chi connectivity index (χ0n) is 9.61. The van der Waals surface area contributed by atoms with E-state index in [-0.39, 0.29) is 18.8 Å². The van der Waals surface area contributed by atoms with Gasteiger partial charge in [0.1, 0.15) is 11.9 Å². The van der Waals surface area contributed by atoms with Gasteiger partial charge in [-0.05, 0) is 37.1 Å². The Bertz CT molecular complexity index is 344. The molecule has 2 unspecified atom stereocenters. The van der Waals surface area contributed by atoms with Crippen LogP contribution in [0, 0.1) is 6.92 Å². The predicted molar refractivity (Wildman–Crippen MR) is 66.0 cm³/mol. The molecule has 0 aliphatic heterocycles. The molecule has 1 aromatic carbocycles. The minimum atomic E-state index is -0.370. The Morgan fingerprint density at radius 3 is 2.69 bits per heavy atom. The molecule has 3 nitrogen and oxygen atoms in total. The molecule has 2 atom stereocenters. The minimum Gasteiger partial charge on any atom is -0.486 e. The van der Waals surface area contributed by atoms with Gasteiger partial charge in [-0.25, -0.2) is 0 Å². The number of aliphatic hydroxyl groups excluding tert-OH is 1. The molecule has 0 amide bonds. The zero-order valence-corrected chi connectivity index (χ0v) is 10.4. The van der Waals surface area contributed by atoms with Crippen molar-refractivity contribution in [2.24, 2.45) is 5.73 Å². The van der Waals surface area contributed by atoms with Gasteiger partial charge in [-0.2, -0.15) is 0 Å². The molecule has 16 heavy (non-hydrogen) atoms. The Hall–Kier alpha value is -0.770. The molecule has 0 aliphatic carbocycles. The van der Waals surface area contributed by atoms with E-state index in [9.17, 15) is 5.11 Å². The van der Waals surface area contributed by atoms with Crippen LogP contribution in [0.15, 0.2) is 18.2 Å². The van der Waals surface area contributed by atoms with Crippen molar-refractivity contribution in [1.29, 1.82) is 0 Å². The van der Waals surface area contributed by atoms with Gasteiger partial charge in [0.25, 0.3) is 0 Å². The van der Waals surface area contributed by atoms with Crippen LogP contribution in [-0.2, 0) is 0 Å². The maximum Gasteiger partial charge on any atom is 0.137 e. The largest absolute Gasteiger partial charge is 0.486 e. The van der Waals surface area contributed by atoms with Crippen molar-refractivity contribution in [3.63, 3.8) is 0 Å². The first-order chi connectivity index (χ1) is 7.58. The fourth-order valence-corrected chi connectivity index (χ4v) is 1.51. The number of aliphatic hydroxyl groups is 1. The lowest BCUT2D eigenvalue weighted by Gasteiger charge is -2.22. The van der Waals surface area contributed by atoms with Gasteiger partial charge in [0.2, 0.25) is 0 Å². The highest BCUT2D eigenvalue weighted by molar-refractivity contribution is 6.31. The third-order valence-electron chi connectivity index (χ3n) is 2.55. The van der Waals surface area contributed by atoms with Crippen LogP contribution < -0.4 is 10.5 Å². The van der Waals surface area contributed by atoms with Gasteiger partial charge in [0.15, 0.2) is 0 Å². The van der Waals surface area contributed by atoms with E-state index >= 15 is 0 Å². The highest BCUT2D eigenvalue weighted by Gasteiger charge is 2.17. The van der Waals surface area contributed by atoms with E-state index in [1.165, 1.54) is 0 Å². The van der Waals surface area contributed by atoms with Crippen molar-refractivity contribution in [3.8, 4) is 5.75 Å². The van der Waals surface area contributed by atoms with Crippen molar-refractivity contribution in [2.45, 2.75) is 32.4 Å². The van der Waals surface area contributed by atoms with E-state index in [0.29, 0.717) is 10.8 Å². The van der Waals surface area contributed by atoms with Gasteiger partial charge in [-0.15, -0.1) is 0 Å². The molecule has 0 saturated carbocycles. The summed E-state index contributed by atoms with van der Waals surface area (Å²) in [6.45, 7) is 3.78. The molecule has 3 N–H and O–H groups in total. The van der Waals surface area contributed by atoms with Gasteiger partial charge in [-0.3, -0.25) is 0 Å². The van der Waals surface area contributed by atoms with E-state index in [1.54, 1.807) is 12.1 Å². The van der Waals surface area contributed by atoms with Gasteiger partial charge < -0.3 is 15.6 Å². The number of halogens is 1. The molecule has 0 fully saturated rings. The average molecular weight is 244 g/mol. The normalized spacial score (nSPS) is 14.6. The number of rotatable bonds is 5. The van der Waals surface area contributed by atoms with E-state index in [1.807, 2.05) is 19.9 Å². The number of benzene rings is 1. The van der Waals surface area contributed by atoms with Gasteiger partial charge >= 0.3 is 0 Å². The third kappa shape index (κ3) is 3.37. The molecule has 1 aromatic rings. The van der Waals surface area contributed by atoms with Crippen LogP contribution in [0.2, 0.25) is 5.02 Å². The molecule has 0 radical (unpaired) electrons. The highest BCUT2D eigenvalue weighted by atomic mass is 35.5. The standard InChI is InChI=1S/C12H18ClNO2/c1-3-11(14)12(7-15)16-9-4-5-10(13)8(2)6-9/h4-6,11-12,15H,3,7,14H2,1-2H3. The Morgan fingerprint density at radius 1 is 1.50 bits per heavy atom. The fraction of sp³-hybridized carbons (Fsp3) is 0.500. The van der Waals surface area contributed by atoms with Crippen LogP contribution in [0.4, 0.5) is 0 Å². The first-order valence-corrected chi connectivity index (χ1v) is 5.75. The summed E-state index contributed by atoms with van der Waals surface area (Å²) in [7, 11) is 0. The summed E-state index contributed by atoms with van der Waals surface area (Å²) in [5.74, 6) is 0.685. The van der Waals surface area contributed by atoms with Crippen molar-refractivity contribution < 1.29 is 9.84 Å². The smallest absolute Gasteiger partial charge is 0.137 e. The van der Waals surface area contributed by atoms with Crippen molar-refractivity contribution in [3.05, 3.63) is 28.8 Å². The summed E-state index contributed by atoms with van der Waals surface area (Å²) >= 11 is 5.91. The molecular formula is C12H18ClNO2. The van der Waals surface area contributed by atoms with E-state index in [0.717, 1.165) is 12.0 Å². The van der Waals surface area contributed by atoms with Crippen LogP contribution in [-0.4, -0.2) is 23.9 Å². The van der Waals surface area contributed by atoms with Crippen molar-refractivity contribution in [1.82, 2.24) is 0 Å². The van der Waals surface area contributed by atoms with E-state index < -0.39 is 0 Å². The Kier molecular flexibility index (Phi) is 5.06. The van der Waals surface area contributed by atoms with Crippen LogP contribution >= 0.6 is 11.6 Å². The van der Waals surface area contributed by atoms with Crippen LogP contribution in [0.3, 0.4) is 0 Å². The molecule has 0 spiro atoms. The molecule has 0 saturated heterocycles. The molecular weight excluding hydrogens is 226 g/mol. The molecule has 90 valence electrons. The van der Waals surface area contributed by atoms with Crippen LogP contribution in [0.5, 0.6) is 5.75 Å². The molecule has 0 aliphatic rings. The topological polar surface area (TPSA) is 55.5 Å². The van der Waals surface area contributed by atoms with Gasteiger partial charge in [-0.1, -0.05) is 18.5 Å². The first kappa shape index (κ1) is 13.3. The van der Waals surface area contributed by atoms with E-state index in [2.05, 4.69) is 0 Å². The summed E-state index contributed by atoms with van der Waals surface area (Å²) in [6.07, 6.45) is 0.392. The number of hydrogen-bond acceptors (Lipinski definition) is 3. The van der Waals surface area contributed by atoms with Gasteiger partial charge in [0, 0.05) is 11.1 Å². The second-order valence-corrected chi connectivity index (χ2v) is 4.23. The quantitative estimate of drug-likeness (QED) is 0.833. The summed E-state index contributed by atoms with van der Waals surface area (Å²) < 4.78 is 5.62. The predicted octanol–water partition coefficient (Wildman–Crippen LogP) is 2.13. The average Bonchev–Trinajstić information content (AvgIpc) is 2.29. The molecule has 0 heterocycles. The summed E-state index contributed by atoms with van der Waals surface area (Å²) in [5, 5.41) is 9.88. The molecule has 0 bridgehead atoms. The van der Waals surface area contributed by atoms with Crippen LogP contribution in [0.1, 0.15) is 18.9 Å². The SMILES string of the molecule is CCC(N)C(CO)Oc1ccc(Cl)c(C)c1. The number of ether oxygens (including phenoxy) is 1. The minimum absolute atomic E-state index is 0.0866. The first-order valence-electron chi connectivity index (χ1n) is 5.37. The summed E-state index contributed by atoms with van der Waals surface area (Å²) in [6, 6.07) is 5.23.